The number of aromatic nitrogens is 2. The minimum atomic E-state index is -0.845. The number of amides is 1. The molecule has 0 radical (unpaired) electrons. The number of nitrogens with one attached hydrogen (secondary N) is 1. The van der Waals surface area contributed by atoms with Crippen molar-refractivity contribution in [2.24, 2.45) is 0 Å². The van der Waals surface area contributed by atoms with Crippen LogP contribution in [0.4, 0.5) is 0 Å². The minimum absolute atomic E-state index is 0.177. The summed E-state index contributed by atoms with van der Waals surface area (Å²) >= 11 is 0. The van der Waals surface area contributed by atoms with E-state index in [0.29, 0.717) is 29.6 Å². The molecular formula is C19H27N3O4. The van der Waals surface area contributed by atoms with Gasteiger partial charge in [-0.05, 0) is 24.6 Å². The molecule has 0 unspecified atom stereocenters. The van der Waals surface area contributed by atoms with Crippen LogP contribution in [0.1, 0.15) is 51.9 Å². The molecule has 1 aromatic carbocycles. The number of ether oxygens (including phenoxy) is 2. The van der Waals surface area contributed by atoms with Crippen LogP contribution in [0.2, 0.25) is 0 Å². The highest BCUT2D eigenvalue weighted by Gasteiger charge is 2.36. The fourth-order valence-electron chi connectivity index (χ4n) is 2.71. The Kier molecular flexibility index (Phi) is 5.59. The van der Waals surface area contributed by atoms with E-state index in [9.17, 15) is 4.79 Å². The molecular weight excluding hydrogens is 334 g/mol. The highest BCUT2D eigenvalue weighted by Crippen LogP contribution is 2.32. The highest BCUT2D eigenvalue weighted by molar-refractivity contribution is 5.74. The van der Waals surface area contributed by atoms with Crippen molar-refractivity contribution in [2.75, 3.05) is 14.2 Å². The third-order valence-electron chi connectivity index (χ3n) is 4.03. The predicted octanol–water partition coefficient (Wildman–Crippen LogP) is 2.98. The van der Waals surface area contributed by atoms with Gasteiger partial charge in [-0.15, -0.1) is 0 Å². The largest absolute Gasteiger partial charge is 0.493 e. The molecule has 0 saturated carbocycles. The number of benzene rings is 1. The van der Waals surface area contributed by atoms with Crippen molar-refractivity contribution in [2.45, 2.75) is 52.0 Å². The normalized spacial score (nSPS) is 13.8. The van der Waals surface area contributed by atoms with Crippen LogP contribution in [0.3, 0.4) is 0 Å². The average Bonchev–Trinajstić information content (AvgIpc) is 3.05. The van der Waals surface area contributed by atoms with Gasteiger partial charge in [0.2, 0.25) is 5.91 Å². The second-order valence-corrected chi connectivity index (χ2v) is 7.55. The van der Waals surface area contributed by atoms with Gasteiger partial charge >= 0.3 is 0 Å². The molecule has 1 aromatic heterocycles. The van der Waals surface area contributed by atoms with E-state index >= 15 is 0 Å². The van der Waals surface area contributed by atoms with E-state index in [-0.39, 0.29) is 11.3 Å². The lowest BCUT2D eigenvalue weighted by molar-refractivity contribution is -0.121. The third kappa shape index (κ3) is 4.33. The van der Waals surface area contributed by atoms with E-state index in [0.717, 1.165) is 5.56 Å². The Hall–Kier alpha value is -2.57. The number of rotatable bonds is 6. The summed E-state index contributed by atoms with van der Waals surface area (Å²) in [6.45, 7) is 9.35. The van der Waals surface area contributed by atoms with Crippen LogP contribution >= 0.6 is 0 Å². The van der Waals surface area contributed by atoms with Gasteiger partial charge in [0.05, 0.1) is 14.2 Å². The number of carbonyl (C=O) groups excluding carboxylic acids is 1. The minimum Gasteiger partial charge on any atom is -0.493 e. The molecule has 1 amide bonds. The number of hydrogen-bond donors (Lipinski definition) is 1. The van der Waals surface area contributed by atoms with Crippen molar-refractivity contribution >= 4 is 5.91 Å². The molecule has 0 aliphatic heterocycles. The SMILES string of the molecule is COc1ccc(C[C@@](C)(NC(C)=O)c2nc(C(C)(C)C)no2)cc1OC. The standard InChI is InChI=1S/C19H27N3O4/c1-12(23)21-19(5,17-20-16(22-26-17)18(2,3)4)11-13-8-9-14(24-6)15(10-13)25-7/h8-10H,11H2,1-7H3,(H,21,23)/t19-/m1/s1. The molecule has 0 spiro atoms. The maximum Gasteiger partial charge on any atom is 0.252 e. The average molecular weight is 361 g/mol. The third-order valence-corrected chi connectivity index (χ3v) is 4.03. The van der Waals surface area contributed by atoms with Gasteiger partial charge in [-0.1, -0.05) is 32.0 Å². The molecule has 2 aromatic rings. The van der Waals surface area contributed by atoms with Crippen LogP contribution in [0, 0.1) is 0 Å². The monoisotopic (exact) mass is 361 g/mol. The van der Waals surface area contributed by atoms with Gasteiger partial charge in [-0.25, -0.2) is 0 Å². The lowest BCUT2D eigenvalue weighted by atomic mass is 9.91. The first-order valence-corrected chi connectivity index (χ1v) is 8.43. The Bertz CT molecular complexity index is 779. The number of hydrogen-bond acceptors (Lipinski definition) is 6. The summed E-state index contributed by atoms with van der Waals surface area (Å²) in [7, 11) is 3.17. The quantitative estimate of drug-likeness (QED) is 0.851. The second kappa shape index (κ2) is 7.35. The first-order chi connectivity index (χ1) is 12.1. The predicted molar refractivity (Wildman–Crippen MR) is 97.4 cm³/mol. The van der Waals surface area contributed by atoms with Crippen LogP contribution in [0.25, 0.3) is 0 Å². The van der Waals surface area contributed by atoms with Crippen molar-refractivity contribution in [1.29, 1.82) is 0 Å². The van der Waals surface area contributed by atoms with Crippen molar-refractivity contribution in [3.8, 4) is 11.5 Å². The molecule has 1 N–H and O–H groups in total. The molecule has 1 atom stereocenters. The molecule has 0 saturated heterocycles. The van der Waals surface area contributed by atoms with Crippen molar-refractivity contribution < 1.29 is 18.8 Å². The summed E-state index contributed by atoms with van der Waals surface area (Å²) in [5, 5.41) is 7.03. The molecule has 0 aliphatic rings. The van der Waals surface area contributed by atoms with Gasteiger partial charge in [0.15, 0.2) is 17.3 Å². The van der Waals surface area contributed by atoms with E-state index in [2.05, 4.69) is 15.5 Å². The van der Waals surface area contributed by atoms with Gasteiger partial charge < -0.3 is 19.3 Å². The zero-order chi connectivity index (χ0) is 19.5. The Morgan fingerprint density at radius 2 is 1.81 bits per heavy atom. The molecule has 142 valence electrons. The Morgan fingerprint density at radius 3 is 2.31 bits per heavy atom. The highest BCUT2D eigenvalue weighted by atomic mass is 16.5. The van der Waals surface area contributed by atoms with Crippen LogP contribution in [-0.2, 0) is 22.2 Å². The smallest absolute Gasteiger partial charge is 0.252 e. The van der Waals surface area contributed by atoms with Gasteiger partial charge in [-0.3, -0.25) is 4.79 Å². The number of nitrogens with zero attached hydrogens (tertiary/aromatic N) is 2. The lowest BCUT2D eigenvalue weighted by Gasteiger charge is -2.27. The van der Waals surface area contributed by atoms with Crippen molar-refractivity contribution in [3.63, 3.8) is 0 Å². The summed E-state index contributed by atoms with van der Waals surface area (Å²) in [6, 6.07) is 5.62. The summed E-state index contributed by atoms with van der Waals surface area (Å²) in [5.74, 6) is 2.05. The van der Waals surface area contributed by atoms with Crippen LogP contribution < -0.4 is 14.8 Å². The van der Waals surface area contributed by atoms with Crippen LogP contribution in [0.5, 0.6) is 11.5 Å². The van der Waals surface area contributed by atoms with Crippen molar-refractivity contribution in [3.05, 3.63) is 35.5 Å². The summed E-state index contributed by atoms with van der Waals surface area (Å²) < 4.78 is 16.1. The first kappa shape index (κ1) is 19.8. The molecule has 0 fully saturated rings. The van der Waals surface area contributed by atoms with Crippen molar-refractivity contribution in [1.82, 2.24) is 15.5 Å². The molecule has 1 heterocycles. The van der Waals surface area contributed by atoms with E-state index in [1.54, 1.807) is 14.2 Å². The maximum absolute atomic E-state index is 11.8. The fraction of sp³-hybridized carbons (Fsp3) is 0.526. The first-order valence-electron chi connectivity index (χ1n) is 8.43. The maximum atomic E-state index is 11.8. The molecule has 0 bridgehead atoms. The van der Waals surface area contributed by atoms with Gasteiger partial charge in [0, 0.05) is 18.8 Å². The Morgan fingerprint density at radius 1 is 1.15 bits per heavy atom. The van der Waals surface area contributed by atoms with Gasteiger partial charge in [-0.2, -0.15) is 4.98 Å². The van der Waals surface area contributed by atoms with Crippen LogP contribution in [-0.4, -0.2) is 30.3 Å². The molecule has 7 nitrogen and oxygen atoms in total. The Balaban J connectivity index is 2.41. The van der Waals surface area contributed by atoms with E-state index in [1.165, 1.54) is 6.92 Å². The summed E-state index contributed by atoms with van der Waals surface area (Å²) in [5.41, 5.74) is -0.154. The zero-order valence-electron chi connectivity index (χ0n) is 16.5. The molecule has 2 rings (SSSR count). The van der Waals surface area contributed by atoms with Gasteiger partial charge in [0.1, 0.15) is 5.54 Å². The van der Waals surface area contributed by atoms with E-state index in [1.807, 2.05) is 45.9 Å². The lowest BCUT2D eigenvalue weighted by Crippen LogP contribution is -2.44. The second-order valence-electron chi connectivity index (χ2n) is 7.55. The Labute approximate surface area is 154 Å². The molecule has 7 heteroatoms. The van der Waals surface area contributed by atoms with E-state index in [4.69, 9.17) is 14.0 Å². The summed E-state index contributed by atoms with van der Waals surface area (Å²) in [6.07, 6.45) is 0.457. The number of carbonyl (C=O) groups is 1. The van der Waals surface area contributed by atoms with E-state index < -0.39 is 5.54 Å². The molecule has 26 heavy (non-hydrogen) atoms. The zero-order valence-corrected chi connectivity index (χ0v) is 16.5. The molecule has 0 aliphatic carbocycles. The summed E-state index contributed by atoms with van der Waals surface area (Å²) in [4.78, 5) is 16.3. The van der Waals surface area contributed by atoms with Crippen LogP contribution in [0.15, 0.2) is 22.7 Å². The topological polar surface area (TPSA) is 86.5 Å². The number of methoxy groups -OCH3 is 2. The van der Waals surface area contributed by atoms with Gasteiger partial charge in [0.25, 0.3) is 5.89 Å². The fourth-order valence-corrected chi connectivity index (χ4v) is 2.71.